The molecule has 3 aromatic rings. The number of hydrogen-bond acceptors (Lipinski definition) is 4. The van der Waals surface area contributed by atoms with Crippen molar-refractivity contribution in [2.75, 3.05) is 18.1 Å². The monoisotopic (exact) mass is 445 g/mol. The van der Waals surface area contributed by atoms with Gasteiger partial charge in [-0.05, 0) is 66.2 Å². The van der Waals surface area contributed by atoms with Crippen LogP contribution in [0.4, 0.5) is 14.5 Å². The fraction of sp³-hybridized carbons (Fsp3) is 0.174. The van der Waals surface area contributed by atoms with Gasteiger partial charge in [-0.2, -0.15) is 0 Å². The van der Waals surface area contributed by atoms with Gasteiger partial charge in [-0.15, -0.1) is 0 Å². The summed E-state index contributed by atoms with van der Waals surface area (Å²) < 4.78 is 38.9. The van der Waals surface area contributed by atoms with Crippen molar-refractivity contribution in [1.82, 2.24) is 0 Å². The van der Waals surface area contributed by atoms with Crippen molar-refractivity contribution in [3.63, 3.8) is 0 Å². The lowest BCUT2D eigenvalue weighted by Crippen LogP contribution is -2.50. The zero-order valence-electron chi connectivity index (χ0n) is 16.2. The highest BCUT2D eigenvalue weighted by atomic mass is 35.5. The summed E-state index contributed by atoms with van der Waals surface area (Å²) in [6, 6.07) is 15.6. The van der Waals surface area contributed by atoms with Crippen LogP contribution in [0.2, 0.25) is 5.02 Å². The normalized spacial score (nSPS) is 18.8. The number of aliphatic hydroxyl groups is 1. The Hall–Kier alpha value is -3.00. The molecule has 4 rings (SSSR count). The number of rotatable bonds is 5. The molecule has 0 radical (unpaired) electrons. The van der Waals surface area contributed by atoms with Gasteiger partial charge in [0, 0.05) is 16.8 Å². The topological polar surface area (TPSA) is 59.0 Å². The van der Waals surface area contributed by atoms with Crippen LogP contribution in [0.15, 0.2) is 66.7 Å². The molecule has 8 heteroatoms. The average Bonchev–Trinajstić information content (AvgIpc) is 2.75. The van der Waals surface area contributed by atoms with Crippen molar-refractivity contribution in [3.8, 4) is 11.5 Å². The van der Waals surface area contributed by atoms with E-state index < -0.39 is 36.3 Å². The van der Waals surface area contributed by atoms with Crippen LogP contribution < -0.4 is 9.64 Å². The summed E-state index contributed by atoms with van der Waals surface area (Å²) in [6.45, 7) is -0.688. The molecule has 0 aromatic heterocycles. The molecule has 0 saturated carbocycles. The molecule has 2 atom stereocenters. The molecule has 1 N–H and O–H groups in total. The minimum absolute atomic E-state index is 0.186. The molecule has 3 aromatic carbocycles. The molecular weight excluding hydrogens is 428 g/mol. The number of carbonyl (C=O) groups excluding carboxylic acids is 1. The molecule has 5 nitrogen and oxygen atoms in total. The van der Waals surface area contributed by atoms with Gasteiger partial charge < -0.3 is 19.5 Å². The highest BCUT2D eigenvalue weighted by Gasteiger charge is 2.39. The van der Waals surface area contributed by atoms with Crippen molar-refractivity contribution in [2.24, 2.45) is 0 Å². The van der Waals surface area contributed by atoms with E-state index in [2.05, 4.69) is 0 Å². The molecule has 1 saturated heterocycles. The second kappa shape index (κ2) is 9.01. The lowest BCUT2D eigenvalue weighted by atomic mass is 9.97. The summed E-state index contributed by atoms with van der Waals surface area (Å²) in [5.74, 6) is -0.842. The molecule has 0 spiro atoms. The number of benzene rings is 3. The Balaban J connectivity index is 1.65. The first kappa shape index (κ1) is 21.2. The molecule has 31 heavy (non-hydrogen) atoms. The largest absolute Gasteiger partial charge is 0.457 e. The first-order valence-corrected chi connectivity index (χ1v) is 9.86. The van der Waals surface area contributed by atoms with Gasteiger partial charge >= 0.3 is 0 Å². The van der Waals surface area contributed by atoms with Gasteiger partial charge in [0.05, 0.1) is 12.6 Å². The smallest absolute Gasteiger partial charge is 0.253 e. The summed E-state index contributed by atoms with van der Waals surface area (Å²) >= 11 is 5.87. The zero-order valence-corrected chi connectivity index (χ0v) is 16.9. The van der Waals surface area contributed by atoms with Crippen LogP contribution in [-0.4, -0.2) is 30.3 Å². The van der Waals surface area contributed by atoms with Crippen molar-refractivity contribution in [2.45, 2.75) is 12.1 Å². The number of morpholine rings is 1. The first-order chi connectivity index (χ1) is 14.9. The van der Waals surface area contributed by atoms with E-state index >= 15 is 0 Å². The Morgan fingerprint density at radius 1 is 1.00 bits per heavy atom. The third-order valence-corrected chi connectivity index (χ3v) is 5.14. The number of aliphatic hydroxyl groups excluding tert-OH is 1. The number of hydrogen-bond donors (Lipinski definition) is 1. The van der Waals surface area contributed by atoms with E-state index in [-0.39, 0.29) is 12.2 Å². The summed E-state index contributed by atoms with van der Waals surface area (Å²) in [4.78, 5) is 14.1. The summed E-state index contributed by atoms with van der Waals surface area (Å²) in [5.41, 5.74) is 0.663. The third-order valence-electron chi connectivity index (χ3n) is 4.89. The Bertz CT molecular complexity index is 1060. The van der Waals surface area contributed by atoms with Gasteiger partial charge in [0.15, 0.2) is 0 Å². The van der Waals surface area contributed by atoms with E-state index in [9.17, 15) is 18.7 Å². The van der Waals surface area contributed by atoms with E-state index in [1.54, 1.807) is 48.5 Å². The molecule has 1 fully saturated rings. The SMILES string of the molecule is O=C1CO[C@@H](CO)[C@H](c2cc(F)cc(F)c2)N1c1ccc(Oc2ccc(Cl)cc2)cc1. The Kier molecular flexibility index (Phi) is 6.18. The van der Waals surface area contributed by atoms with Crippen molar-refractivity contribution in [3.05, 3.63) is 89.0 Å². The Labute approximate surface area is 182 Å². The van der Waals surface area contributed by atoms with Gasteiger partial charge in [0.1, 0.15) is 35.8 Å². The molecule has 160 valence electrons. The van der Waals surface area contributed by atoms with Crippen LogP contribution in [-0.2, 0) is 9.53 Å². The first-order valence-electron chi connectivity index (χ1n) is 9.48. The van der Waals surface area contributed by atoms with Gasteiger partial charge in [-0.1, -0.05) is 11.6 Å². The van der Waals surface area contributed by atoms with E-state index in [0.29, 0.717) is 22.2 Å². The average molecular weight is 446 g/mol. The van der Waals surface area contributed by atoms with Crippen molar-refractivity contribution >= 4 is 23.2 Å². The lowest BCUT2D eigenvalue weighted by molar-refractivity contribution is -0.134. The maximum absolute atomic E-state index is 13.9. The minimum Gasteiger partial charge on any atom is -0.457 e. The quantitative estimate of drug-likeness (QED) is 0.608. The van der Waals surface area contributed by atoms with Crippen molar-refractivity contribution in [1.29, 1.82) is 0 Å². The Morgan fingerprint density at radius 3 is 2.16 bits per heavy atom. The van der Waals surface area contributed by atoms with E-state index in [1.807, 2.05) is 0 Å². The second-order valence-electron chi connectivity index (χ2n) is 6.99. The van der Waals surface area contributed by atoms with Crippen LogP contribution in [0.3, 0.4) is 0 Å². The molecule has 0 bridgehead atoms. The van der Waals surface area contributed by atoms with E-state index in [1.165, 1.54) is 4.90 Å². The van der Waals surface area contributed by atoms with Gasteiger partial charge in [-0.25, -0.2) is 8.78 Å². The third kappa shape index (κ3) is 4.69. The number of nitrogens with zero attached hydrogens (tertiary/aromatic N) is 1. The van der Waals surface area contributed by atoms with Crippen LogP contribution in [0.25, 0.3) is 0 Å². The predicted molar refractivity (Wildman–Crippen MR) is 111 cm³/mol. The Morgan fingerprint density at radius 2 is 1.58 bits per heavy atom. The van der Waals surface area contributed by atoms with E-state index in [4.69, 9.17) is 21.1 Å². The van der Waals surface area contributed by atoms with Gasteiger partial charge in [-0.3, -0.25) is 4.79 Å². The predicted octanol–water partition coefficient (Wildman–Crippen LogP) is 4.88. The highest BCUT2D eigenvalue weighted by molar-refractivity contribution is 6.30. The summed E-state index contributed by atoms with van der Waals surface area (Å²) in [6.07, 6.45) is -0.844. The van der Waals surface area contributed by atoms with Gasteiger partial charge in [0.2, 0.25) is 0 Å². The molecule has 1 aliphatic rings. The number of halogens is 3. The zero-order chi connectivity index (χ0) is 22.0. The minimum atomic E-state index is -0.903. The standard InChI is InChI=1S/C23H18ClF2NO4/c24-15-1-5-19(6-2-15)31-20-7-3-18(4-8-20)27-22(29)13-30-21(12-28)23(27)14-9-16(25)11-17(26)10-14/h1-11,21,23,28H,12-13H2/t21-,23-/m0/s1. The number of anilines is 1. The maximum atomic E-state index is 13.9. The maximum Gasteiger partial charge on any atom is 0.253 e. The fourth-order valence-corrected chi connectivity index (χ4v) is 3.67. The second-order valence-corrected chi connectivity index (χ2v) is 7.43. The fourth-order valence-electron chi connectivity index (χ4n) is 3.54. The summed E-state index contributed by atoms with van der Waals surface area (Å²) in [5, 5.41) is 10.3. The number of ether oxygens (including phenoxy) is 2. The van der Waals surface area contributed by atoms with Crippen LogP contribution >= 0.6 is 11.6 Å². The molecule has 1 heterocycles. The molecule has 1 aliphatic heterocycles. The molecule has 1 amide bonds. The van der Waals surface area contributed by atoms with Gasteiger partial charge in [0.25, 0.3) is 5.91 Å². The van der Waals surface area contributed by atoms with Crippen LogP contribution in [0.1, 0.15) is 11.6 Å². The number of carbonyl (C=O) groups is 1. The van der Waals surface area contributed by atoms with Crippen LogP contribution in [0, 0.1) is 11.6 Å². The highest BCUT2D eigenvalue weighted by Crippen LogP contribution is 2.36. The van der Waals surface area contributed by atoms with Crippen molar-refractivity contribution < 1.29 is 28.2 Å². The number of amides is 1. The molecule has 0 unspecified atom stereocenters. The van der Waals surface area contributed by atoms with E-state index in [0.717, 1.165) is 18.2 Å². The lowest BCUT2D eigenvalue weighted by Gasteiger charge is -2.40. The molecule has 0 aliphatic carbocycles. The van der Waals surface area contributed by atoms with Crippen LogP contribution in [0.5, 0.6) is 11.5 Å². The summed E-state index contributed by atoms with van der Waals surface area (Å²) in [7, 11) is 0. The molecular formula is C23H18ClF2NO4.